The number of rotatable bonds is 5. The van der Waals surface area contributed by atoms with Crippen molar-refractivity contribution in [2.75, 3.05) is 0 Å². The summed E-state index contributed by atoms with van der Waals surface area (Å²) in [5.41, 5.74) is -2.31. The van der Waals surface area contributed by atoms with Crippen LogP contribution in [0.2, 0.25) is 0 Å². The maximum atomic E-state index is 10.6. The van der Waals surface area contributed by atoms with Gasteiger partial charge in [0.15, 0.2) is 0 Å². The maximum absolute atomic E-state index is 10.6. The molecule has 4 nitrogen and oxygen atoms in total. The summed E-state index contributed by atoms with van der Waals surface area (Å²) in [4.78, 5) is 0. The Morgan fingerprint density at radius 2 is 1.45 bits per heavy atom. The van der Waals surface area contributed by atoms with E-state index < -0.39 is 18.2 Å². The van der Waals surface area contributed by atoms with Gasteiger partial charge in [-0.3, -0.25) is 0 Å². The van der Waals surface area contributed by atoms with Gasteiger partial charge < -0.3 is 19.1 Å². The highest BCUT2D eigenvalue weighted by atomic mass is 16.7. The minimum atomic E-state index is -0.920. The van der Waals surface area contributed by atoms with Crippen LogP contribution in [0.4, 0.5) is 0 Å². The van der Waals surface area contributed by atoms with Crippen LogP contribution in [0.1, 0.15) is 62.3 Å². The van der Waals surface area contributed by atoms with Crippen LogP contribution in [0.5, 0.6) is 0 Å². The molecule has 0 aromatic heterocycles. The third kappa shape index (κ3) is 3.24. The van der Waals surface area contributed by atoms with Gasteiger partial charge in [0.1, 0.15) is 0 Å². The van der Waals surface area contributed by atoms with Gasteiger partial charge in [-0.1, -0.05) is 13.8 Å². The zero-order chi connectivity index (χ0) is 16.0. The van der Waals surface area contributed by atoms with Gasteiger partial charge >= 0.3 is 14.4 Å². The van der Waals surface area contributed by atoms with Crippen LogP contribution in [0, 0.1) is 5.92 Å². The van der Waals surface area contributed by atoms with E-state index in [1.807, 2.05) is 62.3 Å². The minimum absolute atomic E-state index is 0.0933. The van der Waals surface area contributed by atoms with Crippen LogP contribution < -0.4 is 0 Å². The molecule has 116 valence electrons. The molecule has 1 unspecified atom stereocenters. The van der Waals surface area contributed by atoms with Crippen molar-refractivity contribution >= 4 is 14.4 Å². The maximum Gasteiger partial charge on any atom is 0.441 e. The number of aliphatic hydroxyl groups is 1. The van der Waals surface area contributed by atoms with Crippen molar-refractivity contribution in [3.8, 4) is 0 Å². The summed E-state index contributed by atoms with van der Waals surface area (Å²) in [6.07, 6.45) is 0. The predicted molar refractivity (Wildman–Crippen MR) is 83.9 cm³/mol. The van der Waals surface area contributed by atoms with Gasteiger partial charge in [0.25, 0.3) is 0 Å². The van der Waals surface area contributed by atoms with Crippen molar-refractivity contribution in [3.63, 3.8) is 0 Å². The predicted octanol–water partition coefficient (Wildman–Crippen LogP) is 2.13. The van der Waals surface area contributed by atoms with E-state index >= 15 is 0 Å². The Bertz CT molecular complexity index is 335. The Kier molecular flexibility index (Phi) is 4.78. The molecule has 1 N–H and O–H groups in total. The van der Waals surface area contributed by atoms with E-state index in [2.05, 4.69) is 0 Å². The molecule has 20 heavy (non-hydrogen) atoms. The lowest BCUT2D eigenvalue weighted by Crippen LogP contribution is -2.55. The second-order valence-corrected chi connectivity index (χ2v) is 7.81. The smallest absolute Gasteiger partial charge is 0.434 e. The van der Waals surface area contributed by atoms with Gasteiger partial charge in [-0.25, -0.2) is 0 Å². The number of hydrogen-bond acceptors (Lipinski definition) is 4. The summed E-state index contributed by atoms with van der Waals surface area (Å²) < 4.78 is 17.7. The number of hydrogen-bond donors (Lipinski definition) is 1. The fourth-order valence-corrected chi connectivity index (χ4v) is 2.15. The highest BCUT2D eigenvalue weighted by molar-refractivity contribution is 7.03. The van der Waals surface area contributed by atoms with E-state index in [-0.39, 0.29) is 17.1 Å². The average Bonchev–Trinajstić information content (AvgIpc) is 2.44. The third-order valence-corrected chi connectivity index (χ3v) is 5.23. The van der Waals surface area contributed by atoms with Crippen LogP contribution in [0.3, 0.4) is 0 Å². The molecule has 1 rings (SSSR count). The lowest BCUT2D eigenvalue weighted by atomic mass is 9.55. The molecule has 0 aromatic rings. The summed E-state index contributed by atoms with van der Waals surface area (Å²) in [5, 5.41) is 10.6. The Morgan fingerprint density at radius 1 is 1.05 bits per heavy atom. The standard InChI is InChI=1S/C14H30B2O4/c1-10(2)14(9,17)13(7,8)18-15-16-19-11(3,4)12(5,6)20-16/h10,15,17H,1-9H3. The Balaban J connectivity index is 2.66. The largest absolute Gasteiger partial charge is 0.441 e. The van der Waals surface area contributed by atoms with Crippen LogP contribution >= 0.6 is 0 Å². The van der Waals surface area contributed by atoms with E-state index in [1.165, 1.54) is 0 Å². The fourth-order valence-electron chi connectivity index (χ4n) is 2.15. The summed E-state index contributed by atoms with van der Waals surface area (Å²) >= 11 is 0. The highest BCUT2D eigenvalue weighted by Crippen LogP contribution is 2.37. The summed E-state index contributed by atoms with van der Waals surface area (Å²) in [7, 11) is -0.0924. The fraction of sp³-hybridized carbons (Fsp3) is 1.00. The quantitative estimate of drug-likeness (QED) is 0.786. The van der Waals surface area contributed by atoms with Gasteiger partial charge in [0, 0.05) is 0 Å². The Labute approximate surface area is 125 Å². The van der Waals surface area contributed by atoms with E-state index in [4.69, 9.17) is 14.0 Å². The first kappa shape index (κ1) is 18.0. The molecule has 1 atom stereocenters. The SMILES string of the molecule is CC(C)C(C)(O)C(C)(C)OBB1OC(C)(C)C(C)(C)O1. The minimum Gasteiger partial charge on any atom is -0.434 e. The van der Waals surface area contributed by atoms with Gasteiger partial charge in [0.2, 0.25) is 0 Å². The van der Waals surface area contributed by atoms with Crippen molar-refractivity contribution in [3.05, 3.63) is 0 Å². The summed E-state index contributed by atoms with van der Waals surface area (Å²) in [6, 6.07) is 0. The molecule has 6 heteroatoms. The van der Waals surface area contributed by atoms with Crippen LogP contribution in [-0.2, 0) is 14.0 Å². The Morgan fingerprint density at radius 3 is 1.80 bits per heavy atom. The second-order valence-electron chi connectivity index (χ2n) is 7.81. The zero-order valence-corrected chi connectivity index (χ0v) is 14.5. The molecule has 1 aliphatic heterocycles. The lowest BCUT2D eigenvalue weighted by Gasteiger charge is -2.43. The molecule has 1 aliphatic rings. The van der Waals surface area contributed by atoms with E-state index in [9.17, 15) is 5.11 Å². The van der Waals surface area contributed by atoms with E-state index in [0.717, 1.165) is 0 Å². The van der Waals surface area contributed by atoms with Crippen molar-refractivity contribution in [2.24, 2.45) is 5.92 Å². The van der Waals surface area contributed by atoms with Gasteiger partial charge in [-0.05, 0) is 54.4 Å². The molecule has 0 amide bonds. The first-order valence-corrected chi connectivity index (χ1v) is 7.45. The second kappa shape index (κ2) is 5.31. The van der Waals surface area contributed by atoms with Crippen LogP contribution in [0.15, 0.2) is 0 Å². The van der Waals surface area contributed by atoms with E-state index in [1.54, 1.807) is 0 Å². The molecule has 0 aromatic carbocycles. The lowest BCUT2D eigenvalue weighted by molar-refractivity contribution is -0.129. The molecule has 0 bridgehead atoms. The molecule has 1 fully saturated rings. The topological polar surface area (TPSA) is 47.9 Å². The van der Waals surface area contributed by atoms with Crippen LogP contribution in [-0.4, -0.2) is 41.9 Å². The zero-order valence-electron chi connectivity index (χ0n) is 14.5. The monoisotopic (exact) mass is 284 g/mol. The molecular weight excluding hydrogens is 254 g/mol. The normalized spacial score (nSPS) is 24.9. The first-order chi connectivity index (χ1) is 8.73. The first-order valence-electron chi connectivity index (χ1n) is 7.45. The molecule has 0 spiro atoms. The molecule has 0 radical (unpaired) electrons. The summed E-state index contributed by atoms with van der Waals surface area (Å²) in [5.74, 6) is 0.0933. The van der Waals surface area contributed by atoms with Gasteiger partial charge in [0.05, 0.1) is 22.4 Å². The average molecular weight is 284 g/mol. The molecule has 0 aliphatic carbocycles. The van der Waals surface area contributed by atoms with E-state index in [0.29, 0.717) is 7.37 Å². The Hall–Kier alpha value is -0.0301. The van der Waals surface area contributed by atoms with Crippen LogP contribution in [0.25, 0.3) is 0 Å². The molecule has 1 heterocycles. The molecule has 0 saturated carbocycles. The molecule has 1 saturated heterocycles. The van der Waals surface area contributed by atoms with Crippen molar-refractivity contribution in [1.29, 1.82) is 0 Å². The molecular formula is C14H30B2O4. The van der Waals surface area contributed by atoms with Gasteiger partial charge in [-0.15, -0.1) is 0 Å². The van der Waals surface area contributed by atoms with Crippen molar-refractivity contribution < 1.29 is 19.1 Å². The van der Waals surface area contributed by atoms with Crippen molar-refractivity contribution in [1.82, 2.24) is 0 Å². The van der Waals surface area contributed by atoms with Crippen molar-refractivity contribution in [2.45, 2.75) is 84.7 Å². The van der Waals surface area contributed by atoms with Gasteiger partial charge in [-0.2, -0.15) is 0 Å². The third-order valence-electron chi connectivity index (χ3n) is 5.23. The summed E-state index contributed by atoms with van der Waals surface area (Å²) in [6.45, 7) is 17.6. The highest BCUT2D eigenvalue weighted by Gasteiger charge is 2.52.